The van der Waals surface area contributed by atoms with E-state index in [9.17, 15) is 0 Å². The van der Waals surface area contributed by atoms with Crippen LogP contribution in [-0.2, 0) is 4.43 Å². The molecule has 0 bridgehead atoms. The van der Waals surface area contributed by atoms with E-state index in [0.29, 0.717) is 11.1 Å². The molecule has 21 heavy (non-hydrogen) atoms. The molecule has 0 spiro atoms. The van der Waals surface area contributed by atoms with Gasteiger partial charge in [-0.3, -0.25) is 0 Å². The Kier molecular flexibility index (Phi) is 8.51. The van der Waals surface area contributed by atoms with Crippen molar-refractivity contribution in [2.24, 2.45) is 0 Å². The van der Waals surface area contributed by atoms with Crippen LogP contribution in [0.4, 0.5) is 0 Å². The summed E-state index contributed by atoms with van der Waals surface area (Å²) in [5, 5.41) is 0.487. The quantitative estimate of drug-likeness (QED) is 0.488. The minimum absolute atomic E-state index is 0.367. The van der Waals surface area contributed by atoms with Gasteiger partial charge >= 0.3 is 0 Å². The van der Waals surface area contributed by atoms with Crippen LogP contribution in [0.1, 0.15) is 78.6 Å². The highest BCUT2D eigenvalue weighted by Crippen LogP contribution is 2.35. The van der Waals surface area contributed by atoms with E-state index in [2.05, 4.69) is 46.0 Å². The number of rotatable bonds is 3. The molecule has 124 valence electrons. The standard InChI is InChI=1S/C18H38OSi2/c1-18(2,3)21(4,5)20-19-17-15-13-11-9-7-6-8-10-12-14-16-17/h11,13,17H,6-10,12,14-16,20H2,1-5H3. The first-order valence-corrected chi connectivity index (χ1v) is 15.0. The van der Waals surface area contributed by atoms with Crippen LogP contribution in [0.5, 0.6) is 0 Å². The normalized spacial score (nSPS) is 24.0. The molecule has 1 aliphatic rings. The van der Waals surface area contributed by atoms with Crippen molar-refractivity contribution < 1.29 is 4.43 Å². The molecule has 1 rings (SSSR count). The Morgan fingerprint density at radius 1 is 0.952 bits per heavy atom. The maximum absolute atomic E-state index is 6.53. The van der Waals surface area contributed by atoms with Gasteiger partial charge in [-0.15, -0.1) is 0 Å². The smallest absolute Gasteiger partial charge is 0.151 e. The van der Waals surface area contributed by atoms with E-state index in [4.69, 9.17) is 4.43 Å². The third kappa shape index (κ3) is 7.80. The van der Waals surface area contributed by atoms with E-state index in [0.717, 1.165) is 6.42 Å². The van der Waals surface area contributed by atoms with E-state index < -0.39 is 7.59 Å². The lowest BCUT2D eigenvalue weighted by Gasteiger charge is -2.37. The van der Waals surface area contributed by atoms with Crippen LogP contribution in [-0.4, -0.2) is 23.0 Å². The van der Waals surface area contributed by atoms with Gasteiger partial charge in [-0.2, -0.15) is 0 Å². The molecule has 1 unspecified atom stereocenters. The average molecular weight is 327 g/mol. The molecule has 0 heterocycles. The number of hydrogen-bond acceptors (Lipinski definition) is 1. The molecule has 0 saturated carbocycles. The molecule has 0 saturated heterocycles. The summed E-state index contributed by atoms with van der Waals surface area (Å²) in [5.41, 5.74) is 0. The maximum Gasteiger partial charge on any atom is 0.151 e. The zero-order chi connectivity index (χ0) is 15.8. The van der Waals surface area contributed by atoms with Crippen molar-refractivity contribution in [3.63, 3.8) is 0 Å². The van der Waals surface area contributed by atoms with Gasteiger partial charge in [-0.05, 0) is 30.7 Å². The van der Waals surface area contributed by atoms with E-state index in [1.807, 2.05) is 0 Å². The summed E-state index contributed by atoms with van der Waals surface area (Å²) >= 11 is 0. The highest BCUT2D eigenvalue weighted by molar-refractivity contribution is 7.22. The molecule has 0 aromatic heterocycles. The van der Waals surface area contributed by atoms with Gasteiger partial charge in [-0.25, -0.2) is 0 Å². The SMILES string of the molecule is CC(C)(C)[Si](C)(C)[SiH2]OC1CC=CCCCCCCCC1. The predicted molar refractivity (Wildman–Crippen MR) is 101 cm³/mol. The minimum atomic E-state index is -1.17. The van der Waals surface area contributed by atoms with Gasteiger partial charge in [0.25, 0.3) is 0 Å². The Bertz CT molecular complexity index is 305. The zero-order valence-electron chi connectivity index (χ0n) is 15.2. The molecular formula is C18H38OSi2. The molecule has 0 amide bonds. The molecule has 1 nitrogen and oxygen atoms in total. The lowest BCUT2D eigenvalue weighted by Crippen LogP contribution is -2.46. The maximum atomic E-state index is 6.53. The molecular weight excluding hydrogens is 288 g/mol. The third-order valence-corrected chi connectivity index (χ3v) is 16.7. The molecule has 0 aromatic carbocycles. The molecule has 0 radical (unpaired) electrons. The number of allylic oxidation sites excluding steroid dienone is 1. The Morgan fingerprint density at radius 3 is 2.24 bits per heavy atom. The van der Waals surface area contributed by atoms with Gasteiger partial charge in [0.15, 0.2) is 9.28 Å². The summed E-state index contributed by atoms with van der Waals surface area (Å²) in [6, 6.07) is 0. The van der Waals surface area contributed by atoms with Crippen LogP contribution in [0.15, 0.2) is 12.2 Å². The fraction of sp³-hybridized carbons (Fsp3) is 0.889. The van der Waals surface area contributed by atoms with Crippen molar-refractivity contribution in [1.82, 2.24) is 0 Å². The van der Waals surface area contributed by atoms with Crippen molar-refractivity contribution in [3.8, 4) is 0 Å². The van der Waals surface area contributed by atoms with Crippen LogP contribution in [0.2, 0.25) is 18.1 Å². The van der Waals surface area contributed by atoms with Gasteiger partial charge in [0, 0.05) is 6.10 Å². The zero-order valence-corrected chi connectivity index (χ0v) is 17.6. The van der Waals surface area contributed by atoms with Gasteiger partial charge in [0.1, 0.15) is 0 Å². The first kappa shape index (κ1) is 19.2. The Labute approximate surface area is 136 Å². The lowest BCUT2D eigenvalue weighted by molar-refractivity contribution is 0.203. The Hall–Kier alpha value is 0.134. The minimum Gasteiger partial charge on any atom is -0.424 e. The molecule has 0 aliphatic heterocycles. The van der Waals surface area contributed by atoms with Crippen molar-refractivity contribution >= 4 is 16.9 Å². The molecule has 3 heteroatoms. The Balaban J connectivity index is 2.48. The summed E-state index contributed by atoms with van der Waals surface area (Å²) in [5.74, 6) is 0. The van der Waals surface area contributed by atoms with Gasteiger partial charge in [0.2, 0.25) is 0 Å². The van der Waals surface area contributed by atoms with Gasteiger partial charge < -0.3 is 4.43 Å². The fourth-order valence-corrected chi connectivity index (χ4v) is 7.16. The highest BCUT2D eigenvalue weighted by Gasteiger charge is 2.36. The van der Waals surface area contributed by atoms with Crippen LogP contribution in [0.3, 0.4) is 0 Å². The second kappa shape index (κ2) is 9.31. The molecule has 0 aromatic rings. The van der Waals surface area contributed by atoms with Gasteiger partial charge in [0.05, 0.1) is 7.59 Å². The van der Waals surface area contributed by atoms with E-state index in [1.54, 1.807) is 0 Å². The first-order valence-electron chi connectivity index (χ1n) is 9.09. The van der Waals surface area contributed by atoms with Crippen molar-refractivity contribution in [2.75, 3.05) is 0 Å². The van der Waals surface area contributed by atoms with E-state index in [-0.39, 0.29) is 9.28 Å². The molecule has 0 fully saturated rings. The van der Waals surface area contributed by atoms with Crippen LogP contribution in [0, 0.1) is 0 Å². The topological polar surface area (TPSA) is 9.23 Å². The van der Waals surface area contributed by atoms with Gasteiger partial charge in [-0.1, -0.05) is 78.1 Å². The summed E-state index contributed by atoms with van der Waals surface area (Å²) in [6.07, 6.45) is 17.4. The first-order chi connectivity index (χ1) is 9.83. The van der Waals surface area contributed by atoms with Crippen molar-refractivity contribution in [2.45, 2.75) is 103 Å². The lowest BCUT2D eigenvalue weighted by atomic mass is 10.0. The summed E-state index contributed by atoms with van der Waals surface area (Å²) < 4.78 is 6.53. The second-order valence-corrected chi connectivity index (χ2v) is 20.5. The second-order valence-electron chi connectivity index (χ2n) is 8.47. The summed E-state index contributed by atoms with van der Waals surface area (Å²) in [4.78, 5) is 0. The third-order valence-electron chi connectivity index (χ3n) is 5.42. The van der Waals surface area contributed by atoms with Crippen LogP contribution >= 0.6 is 0 Å². The average Bonchev–Trinajstić information content (AvgIpc) is 2.37. The van der Waals surface area contributed by atoms with Crippen LogP contribution in [0.25, 0.3) is 0 Å². The monoisotopic (exact) mass is 326 g/mol. The molecule has 0 N–H and O–H groups in total. The van der Waals surface area contributed by atoms with Crippen molar-refractivity contribution in [3.05, 3.63) is 12.2 Å². The highest BCUT2D eigenvalue weighted by atomic mass is 29.2. The Morgan fingerprint density at radius 2 is 1.57 bits per heavy atom. The largest absolute Gasteiger partial charge is 0.424 e. The summed E-state index contributed by atoms with van der Waals surface area (Å²) in [6.45, 7) is 12.3. The van der Waals surface area contributed by atoms with Crippen molar-refractivity contribution in [1.29, 1.82) is 0 Å². The van der Waals surface area contributed by atoms with Crippen LogP contribution < -0.4 is 0 Å². The number of hydrogen-bond donors (Lipinski definition) is 0. The van der Waals surface area contributed by atoms with E-state index in [1.165, 1.54) is 51.4 Å². The molecule has 1 atom stereocenters. The molecule has 1 aliphatic carbocycles. The van der Waals surface area contributed by atoms with E-state index >= 15 is 0 Å². The predicted octanol–water partition coefficient (Wildman–Crippen LogP) is 5.54. The fourth-order valence-electron chi connectivity index (χ4n) is 2.52. The summed E-state index contributed by atoms with van der Waals surface area (Å²) in [7, 11) is -1.53.